The molecular formula is C22H29FN6O3. The van der Waals surface area contributed by atoms with Crippen molar-refractivity contribution in [3.8, 4) is 5.69 Å². The van der Waals surface area contributed by atoms with Crippen LogP contribution in [0.25, 0.3) is 5.69 Å². The Bertz CT molecular complexity index is 971. The normalized spacial score (nSPS) is 24.4. The molecular weight excluding hydrogens is 415 g/mol. The first kappa shape index (κ1) is 22.3. The zero-order chi connectivity index (χ0) is 22.8. The van der Waals surface area contributed by atoms with Gasteiger partial charge in [0.25, 0.3) is 5.91 Å². The van der Waals surface area contributed by atoms with E-state index >= 15 is 0 Å². The number of aliphatic hydroxyl groups excluding tert-OH is 1. The largest absolute Gasteiger partial charge is 0.389 e. The zero-order valence-electron chi connectivity index (χ0n) is 18.4. The van der Waals surface area contributed by atoms with E-state index in [1.54, 1.807) is 26.0 Å². The van der Waals surface area contributed by atoms with Gasteiger partial charge in [0.05, 0.1) is 23.5 Å². The first-order valence-electron chi connectivity index (χ1n) is 11.0. The van der Waals surface area contributed by atoms with Crippen molar-refractivity contribution in [2.45, 2.75) is 51.3 Å². The van der Waals surface area contributed by atoms with Gasteiger partial charge in [-0.3, -0.25) is 14.5 Å². The van der Waals surface area contributed by atoms with Gasteiger partial charge in [-0.2, -0.15) is 0 Å². The maximum atomic E-state index is 13.2. The van der Waals surface area contributed by atoms with E-state index < -0.39 is 6.10 Å². The Morgan fingerprint density at radius 1 is 1.12 bits per heavy atom. The summed E-state index contributed by atoms with van der Waals surface area (Å²) in [4.78, 5) is 28.5. The van der Waals surface area contributed by atoms with Crippen molar-refractivity contribution in [3.05, 3.63) is 41.5 Å². The average Bonchev–Trinajstić information content (AvgIpc) is 3.17. The molecule has 2 heterocycles. The fourth-order valence-electron chi connectivity index (χ4n) is 4.68. The highest BCUT2D eigenvalue weighted by Gasteiger charge is 2.38. The lowest BCUT2D eigenvalue weighted by molar-refractivity contribution is -0.131. The van der Waals surface area contributed by atoms with Gasteiger partial charge < -0.3 is 15.3 Å². The number of aliphatic hydroxyl groups is 1. The van der Waals surface area contributed by atoms with Crippen LogP contribution in [-0.2, 0) is 4.79 Å². The molecule has 0 unspecified atom stereocenters. The molecule has 0 radical (unpaired) electrons. The Balaban J connectivity index is 1.41. The zero-order valence-corrected chi connectivity index (χ0v) is 18.4. The van der Waals surface area contributed by atoms with Crippen molar-refractivity contribution in [1.82, 2.24) is 30.1 Å². The number of amides is 2. The number of carbonyl (C=O) groups excluding carboxylic acids is 2. The summed E-state index contributed by atoms with van der Waals surface area (Å²) >= 11 is 0. The van der Waals surface area contributed by atoms with Gasteiger partial charge in [-0.25, -0.2) is 9.07 Å². The summed E-state index contributed by atoms with van der Waals surface area (Å²) in [7, 11) is 0. The molecule has 1 aliphatic heterocycles. The number of hydrogen-bond acceptors (Lipinski definition) is 6. The second kappa shape index (κ2) is 9.33. The molecule has 4 rings (SSSR count). The van der Waals surface area contributed by atoms with Gasteiger partial charge in [-0.1, -0.05) is 5.21 Å². The Morgan fingerprint density at radius 2 is 1.81 bits per heavy atom. The number of benzene rings is 1. The van der Waals surface area contributed by atoms with Crippen LogP contribution >= 0.6 is 0 Å². The van der Waals surface area contributed by atoms with Gasteiger partial charge in [0.2, 0.25) is 5.91 Å². The number of nitrogens with one attached hydrogen (secondary N) is 1. The van der Waals surface area contributed by atoms with E-state index in [9.17, 15) is 19.1 Å². The van der Waals surface area contributed by atoms with Crippen molar-refractivity contribution >= 4 is 11.8 Å². The van der Waals surface area contributed by atoms with Crippen LogP contribution in [0.3, 0.4) is 0 Å². The lowest BCUT2D eigenvalue weighted by Crippen LogP contribution is -2.60. The molecule has 0 spiro atoms. The standard InChI is InChI=1S/C22H29FN6O3/c1-14-20(25-26-29(14)17-8-6-16(23)7-9-17)22(32)24-18-4-3-5-19(21(18)31)28-12-10-27(11-13-28)15(2)30/h6-9,18-19,21,31H,3-5,10-13H2,1-2H3,(H,24,32)/t18-,19-,21-/m1/s1. The summed E-state index contributed by atoms with van der Waals surface area (Å²) < 4.78 is 14.7. The van der Waals surface area contributed by atoms with Crippen molar-refractivity contribution in [1.29, 1.82) is 0 Å². The molecule has 1 saturated carbocycles. The first-order chi connectivity index (χ1) is 15.3. The maximum Gasteiger partial charge on any atom is 0.274 e. The Kier molecular flexibility index (Phi) is 6.52. The van der Waals surface area contributed by atoms with E-state index in [0.717, 1.165) is 12.8 Å². The lowest BCUT2D eigenvalue weighted by Gasteiger charge is -2.44. The second-order valence-electron chi connectivity index (χ2n) is 8.52. The van der Waals surface area contributed by atoms with Crippen molar-refractivity contribution < 1.29 is 19.1 Å². The molecule has 2 N–H and O–H groups in total. The fraction of sp³-hybridized carbons (Fsp3) is 0.545. The molecule has 1 aromatic carbocycles. The number of piperazine rings is 1. The van der Waals surface area contributed by atoms with Crippen molar-refractivity contribution in [2.75, 3.05) is 26.2 Å². The van der Waals surface area contributed by atoms with Crippen LogP contribution in [0, 0.1) is 12.7 Å². The van der Waals surface area contributed by atoms with E-state index in [-0.39, 0.29) is 35.4 Å². The van der Waals surface area contributed by atoms with Crippen LogP contribution in [0.2, 0.25) is 0 Å². The molecule has 2 amide bonds. The number of aromatic nitrogens is 3. The van der Waals surface area contributed by atoms with E-state index in [0.29, 0.717) is 44.0 Å². The minimum atomic E-state index is -0.705. The summed E-state index contributed by atoms with van der Waals surface area (Å²) in [6.45, 7) is 6.04. The van der Waals surface area contributed by atoms with E-state index in [1.807, 2.05) is 4.90 Å². The number of rotatable bonds is 4. The minimum Gasteiger partial charge on any atom is -0.389 e. The topological polar surface area (TPSA) is 104 Å². The third-order valence-electron chi connectivity index (χ3n) is 6.55. The van der Waals surface area contributed by atoms with Gasteiger partial charge in [-0.15, -0.1) is 5.10 Å². The first-order valence-corrected chi connectivity index (χ1v) is 11.0. The maximum absolute atomic E-state index is 13.2. The molecule has 32 heavy (non-hydrogen) atoms. The smallest absolute Gasteiger partial charge is 0.274 e. The lowest BCUT2D eigenvalue weighted by atomic mass is 9.86. The highest BCUT2D eigenvalue weighted by molar-refractivity contribution is 5.93. The molecule has 2 aromatic rings. The Labute approximate surface area is 186 Å². The predicted molar refractivity (Wildman–Crippen MR) is 115 cm³/mol. The van der Waals surface area contributed by atoms with E-state index in [1.165, 1.54) is 16.8 Å². The molecule has 172 valence electrons. The van der Waals surface area contributed by atoms with Gasteiger partial charge in [-0.05, 0) is 50.5 Å². The molecule has 0 bridgehead atoms. The van der Waals surface area contributed by atoms with Crippen molar-refractivity contribution in [2.24, 2.45) is 0 Å². The monoisotopic (exact) mass is 444 g/mol. The number of halogens is 1. The molecule has 10 heteroatoms. The van der Waals surface area contributed by atoms with Gasteiger partial charge in [0.15, 0.2) is 5.69 Å². The minimum absolute atomic E-state index is 0.0563. The average molecular weight is 445 g/mol. The summed E-state index contributed by atoms with van der Waals surface area (Å²) in [5.41, 5.74) is 1.33. The molecule has 2 fully saturated rings. The highest BCUT2D eigenvalue weighted by Crippen LogP contribution is 2.25. The van der Waals surface area contributed by atoms with Gasteiger partial charge in [0.1, 0.15) is 5.82 Å². The van der Waals surface area contributed by atoms with Crippen molar-refractivity contribution in [3.63, 3.8) is 0 Å². The van der Waals surface area contributed by atoms with Gasteiger partial charge >= 0.3 is 0 Å². The predicted octanol–water partition coefficient (Wildman–Crippen LogP) is 0.891. The Hall–Kier alpha value is -2.85. The third kappa shape index (κ3) is 4.51. The van der Waals surface area contributed by atoms with E-state index in [4.69, 9.17) is 0 Å². The van der Waals surface area contributed by atoms with Crippen LogP contribution in [0.5, 0.6) is 0 Å². The van der Waals surface area contributed by atoms with Gasteiger partial charge in [0, 0.05) is 39.1 Å². The summed E-state index contributed by atoms with van der Waals surface area (Å²) in [5, 5.41) is 22.0. The van der Waals surface area contributed by atoms with Crippen LogP contribution in [0.1, 0.15) is 42.4 Å². The van der Waals surface area contributed by atoms with Crippen LogP contribution < -0.4 is 5.32 Å². The SMILES string of the molecule is CC(=O)N1CCN([C@@H]2CCC[C@@H](NC(=O)c3nnn(-c4ccc(F)cc4)c3C)[C@H]2O)CC1. The molecule has 1 aromatic heterocycles. The number of carbonyl (C=O) groups is 2. The fourth-order valence-corrected chi connectivity index (χ4v) is 4.68. The quantitative estimate of drug-likeness (QED) is 0.726. The number of hydrogen-bond donors (Lipinski definition) is 2. The van der Waals surface area contributed by atoms with Crippen LogP contribution in [0.15, 0.2) is 24.3 Å². The Morgan fingerprint density at radius 3 is 2.47 bits per heavy atom. The van der Waals surface area contributed by atoms with Crippen LogP contribution in [0.4, 0.5) is 4.39 Å². The molecule has 3 atom stereocenters. The highest BCUT2D eigenvalue weighted by atomic mass is 19.1. The molecule has 2 aliphatic rings. The third-order valence-corrected chi connectivity index (χ3v) is 6.55. The van der Waals surface area contributed by atoms with E-state index in [2.05, 4.69) is 20.5 Å². The molecule has 1 saturated heterocycles. The second-order valence-corrected chi connectivity index (χ2v) is 8.52. The molecule has 1 aliphatic carbocycles. The summed E-state index contributed by atoms with van der Waals surface area (Å²) in [5.74, 6) is -0.668. The van der Waals surface area contributed by atoms with Crippen LogP contribution in [-0.4, -0.2) is 86.1 Å². The number of nitrogens with zero attached hydrogens (tertiary/aromatic N) is 5. The summed E-state index contributed by atoms with van der Waals surface area (Å²) in [6.07, 6.45) is 1.72. The summed E-state index contributed by atoms with van der Waals surface area (Å²) in [6, 6.07) is 5.34. The molecule has 9 nitrogen and oxygen atoms in total.